The Balaban J connectivity index is 0.000000342. The van der Waals surface area contributed by atoms with Gasteiger partial charge in [0.1, 0.15) is 5.75 Å². The van der Waals surface area contributed by atoms with Crippen LogP contribution in [0, 0.1) is 0 Å². The summed E-state index contributed by atoms with van der Waals surface area (Å²) in [5.74, 6) is -0.491. The van der Waals surface area contributed by atoms with E-state index in [2.05, 4.69) is 18.1 Å². The summed E-state index contributed by atoms with van der Waals surface area (Å²) in [7, 11) is -8.97. The van der Waals surface area contributed by atoms with Crippen LogP contribution in [-0.4, -0.2) is 73.2 Å². The van der Waals surface area contributed by atoms with Crippen LogP contribution in [0.25, 0.3) is 0 Å². The zero-order valence-electron chi connectivity index (χ0n) is 18.3. The number of phenolic OH excluding ortho intramolecular Hbond substituents is 1. The molecule has 0 aliphatic carbocycles. The molecule has 33 heavy (non-hydrogen) atoms. The topological polar surface area (TPSA) is 129 Å². The number of ether oxygens (including phenoxy) is 2. The molecule has 2 rings (SSSR count). The largest absolute Gasteiger partial charge is 0.508 e. The molecule has 1 fully saturated rings. The Kier molecular flexibility index (Phi) is 12.4. The van der Waals surface area contributed by atoms with Crippen LogP contribution < -0.4 is 0 Å². The fraction of sp³-hybridized carbons (Fsp3) is 0.611. The van der Waals surface area contributed by atoms with Gasteiger partial charge in [0.05, 0.1) is 19.8 Å². The molecule has 1 aromatic rings. The minimum atomic E-state index is -4.78. The number of hydrogen-bond donors (Lipinski definition) is 1. The molecule has 1 heterocycles. The quantitative estimate of drug-likeness (QED) is 0.281. The molecule has 1 aromatic carbocycles. The molecule has 0 spiro atoms. The second-order valence-corrected chi connectivity index (χ2v) is 13.6. The average molecular weight is 571 g/mol. The van der Waals surface area contributed by atoms with Crippen LogP contribution in [0.3, 0.4) is 0 Å². The number of aromatic hydroxyl groups is 1. The van der Waals surface area contributed by atoms with Crippen LogP contribution in [0.2, 0.25) is 0 Å². The summed E-state index contributed by atoms with van der Waals surface area (Å²) in [6, 6.07) is 7.43. The Morgan fingerprint density at radius 2 is 1.91 bits per heavy atom. The summed E-state index contributed by atoms with van der Waals surface area (Å²) in [5.41, 5.74) is 1.16. The summed E-state index contributed by atoms with van der Waals surface area (Å²) < 4.78 is 50.4. The molecule has 1 aliphatic heterocycles. The second-order valence-electron chi connectivity index (χ2n) is 6.80. The minimum absolute atomic E-state index is 0.0772. The Morgan fingerprint density at radius 1 is 1.30 bits per heavy atom. The molecule has 1 saturated heterocycles. The van der Waals surface area contributed by atoms with Gasteiger partial charge in [-0.05, 0) is 31.5 Å². The number of carbonyl (C=O) groups is 1. The maximum Gasteiger partial charge on any atom is 0.343 e. The van der Waals surface area contributed by atoms with Crippen molar-refractivity contribution in [1.82, 2.24) is 4.90 Å². The molecule has 2 atom stereocenters. The lowest BCUT2D eigenvalue weighted by molar-refractivity contribution is -0.150. The van der Waals surface area contributed by atoms with E-state index in [0.717, 1.165) is 45.1 Å². The van der Waals surface area contributed by atoms with E-state index in [-0.39, 0.29) is 6.61 Å². The van der Waals surface area contributed by atoms with E-state index in [1.54, 1.807) is 13.0 Å². The predicted molar refractivity (Wildman–Crippen MR) is 125 cm³/mol. The van der Waals surface area contributed by atoms with Crippen LogP contribution in [0.5, 0.6) is 5.75 Å². The van der Waals surface area contributed by atoms with Gasteiger partial charge < -0.3 is 14.6 Å². The molecule has 0 aromatic heterocycles. The normalized spacial score (nSPS) is 17.9. The van der Waals surface area contributed by atoms with Crippen molar-refractivity contribution in [3.05, 3.63) is 29.8 Å². The van der Waals surface area contributed by atoms with Crippen LogP contribution in [0.15, 0.2) is 24.3 Å². The van der Waals surface area contributed by atoms with E-state index in [9.17, 15) is 22.9 Å². The van der Waals surface area contributed by atoms with E-state index in [1.807, 2.05) is 18.2 Å². The highest BCUT2D eigenvalue weighted by Gasteiger charge is 2.44. The van der Waals surface area contributed by atoms with Crippen LogP contribution in [0.4, 0.5) is 0 Å². The summed E-state index contributed by atoms with van der Waals surface area (Å²) in [6.45, 7) is 8.16. The Labute approximate surface area is 208 Å². The Bertz CT molecular complexity index is 921. The number of nitrogens with zero attached hydrogens (tertiary/aromatic N) is 1. The number of hydrogen-bond acceptors (Lipinski definition) is 10. The third-order valence-corrected chi connectivity index (χ3v) is 8.74. The molecule has 2 unspecified atom stereocenters. The van der Waals surface area contributed by atoms with E-state index in [0.29, 0.717) is 5.75 Å². The fourth-order valence-electron chi connectivity index (χ4n) is 2.50. The van der Waals surface area contributed by atoms with E-state index in [4.69, 9.17) is 39.5 Å². The monoisotopic (exact) mass is 569 g/mol. The lowest BCUT2D eigenvalue weighted by Crippen LogP contribution is -2.35. The maximum absolute atomic E-state index is 11.8. The molecule has 0 saturated carbocycles. The molecule has 10 nitrogen and oxygen atoms in total. The first kappa shape index (κ1) is 30.4. The van der Waals surface area contributed by atoms with Crippen LogP contribution >= 0.6 is 42.4 Å². The van der Waals surface area contributed by atoms with Gasteiger partial charge in [-0.2, -0.15) is 12.4 Å². The number of phenols is 1. The average Bonchev–Trinajstić information content (AvgIpc) is 2.67. The SMILES string of the molecule is CCOC(=O)C(C)OP(C)(=O)OS(=O)(=O)C(Cl)(Cl)Cl.Oc1cccc(CN2CCOCC2)c1. The molecule has 15 heteroatoms. The zero-order chi connectivity index (χ0) is 25.3. The zero-order valence-corrected chi connectivity index (χ0v) is 22.3. The van der Waals surface area contributed by atoms with Gasteiger partial charge in [-0.3, -0.25) is 14.0 Å². The number of carbonyl (C=O) groups excluding carboxylic acids is 1. The summed E-state index contributed by atoms with van der Waals surface area (Å²) in [4.78, 5) is 13.6. The second kappa shape index (κ2) is 13.5. The van der Waals surface area contributed by atoms with Crippen LogP contribution in [0.1, 0.15) is 19.4 Å². The van der Waals surface area contributed by atoms with Gasteiger partial charge in [0.25, 0.3) is 0 Å². The van der Waals surface area contributed by atoms with Crippen molar-refractivity contribution in [2.45, 2.75) is 29.6 Å². The van der Waals surface area contributed by atoms with E-state index in [1.165, 1.54) is 6.92 Å². The van der Waals surface area contributed by atoms with Crippen molar-refractivity contribution >= 4 is 58.5 Å². The molecule has 190 valence electrons. The Morgan fingerprint density at radius 3 is 2.42 bits per heavy atom. The van der Waals surface area contributed by atoms with Crippen molar-refractivity contribution in [3.63, 3.8) is 0 Å². The van der Waals surface area contributed by atoms with Crippen molar-refractivity contribution in [3.8, 4) is 5.75 Å². The molecule has 0 bridgehead atoms. The van der Waals surface area contributed by atoms with Gasteiger partial charge in [0.15, 0.2) is 6.10 Å². The number of alkyl halides is 3. The summed E-state index contributed by atoms with van der Waals surface area (Å²) >= 11 is 15.4. The first-order chi connectivity index (χ1) is 15.2. The highest BCUT2D eigenvalue weighted by Crippen LogP contribution is 2.51. The number of halogens is 3. The lowest BCUT2D eigenvalue weighted by atomic mass is 10.2. The number of rotatable bonds is 8. The first-order valence-electron chi connectivity index (χ1n) is 9.70. The standard InChI is InChI=1S/C11H15NO2.C7H12Cl3O7PS/c13-11-3-1-2-10(8-11)9-12-4-6-14-7-5-12;1-4-15-6(11)5(2)16-18(3,12)17-19(13,14)7(8,9)10/h1-3,8,13H,4-7,9H2;5H,4H2,1-3H3. The third kappa shape index (κ3) is 11.6. The van der Waals surface area contributed by atoms with Gasteiger partial charge in [0.2, 0.25) is 0 Å². The van der Waals surface area contributed by atoms with E-state index >= 15 is 0 Å². The van der Waals surface area contributed by atoms with Crippen molar-refractivity contribution in [2.75, 3.05) is 39.6 Å². The van der Waals surface area contributed by atoms with Gasteiger partial charge in [0, 0.05) is 26.3 Å². The summed E-state index contributed by atoms with van der Waals surface area (Å²) in [5, 5.41) is 9.30. The van der Waals surface area contributed by atoms with E-state index < -0.39 is 32.9 Å². The first-order valence-corrected chi connectivity index (χ1v) is 14.2. The molecular weight excluding hydrogens is 544 g/mol. The number of benzene rings is 1. The molecule has 0 radical (unpaired) electrons. The molecule has 0 amide bonds. The van der Waals surface area contributed by atoms with Gasteiger partial charge in [-0.25, -0.2) is 4.79 Å². The summed E-state index contributed by atoms with van der Waals surface area (Å²) in [6.07, 6.45) is -1.30. The molecular formula is C18H27Cl3NO9PS. The van der Waals surface area contributed by atoms with Crippen LogP contribution in [-0.2, 0) is 44.0 Å². The Hall–Kier alpha value is -0.620. The van der Waals surface area contributed by atoms with Gasteiger partial charge in [-0.15, -0.1) is 0 Å². The fourth-order valence-corrected chi connectivity index (χ4v) is 5.83. The van der Waals surface area contributed by atoms with Crippen molar-refractivity contribution in [1.29, 1.82) is 0 Å². The highest BCUT2D eigenvalue weighted by atomic mass is 35.6. The highest BCUT2D eigenvalue weighted by molar-refractivity contribution is 7.96. The third-order valence-electron chi connectivity index (χ3n) is 3.91. The predicted octanol–water partition coefficient (Wildman–Crippen LogP) is 3.68. The number of esters is 1. The van der Waals surface area contributed by atoms with Gasteiger partial charge >= 0.3 is 26.8 Å². The number of morpholine rings is 1. The van der Waals surface area contributed by atoms with Crippen molar-refractivity contribution in [2.24, 2.45) is 0 Å². The molecule has 1 aliphatic rings. The smallest absolute Gasteiger partial charge is 0.343 e. The lowest BCUT2D eigenvalue weighted by Gasteiger charge is -2.26. The van der Waals surface area contributed by atoms with Gasteiger partial charge in [-0.1, -0.05) is 46.9 Å². The minimum Gasteiger partial charge on any atom is -0.508 e. The maximum atomic E-state index is 11.8. The van der Waals surface area contributed by atoms with Crippen molar-refractivity contribution < 1.29 is 40.9 Å². The molecule has 1 N–H and O–H groups in total.